The molecular formula is C45H76O3Si. The SMILES string of the molecule is CCCCCCCC/C=C\CCCCCCCCOCC(COCCCCCCCC)O[Si](c1ccccc1)(c1ccccc1)C(C)(C)C. The molecule has 2 aromatic carbocycles. The number of rotatable bonds is 31. The summed E-state index contributed by atoms with van der Waals surface area (Å²) in [4.78, 5) is 0. The summed E-state index contributed by atoms with van der Waals surface area (Å²) in [5.41, 5.74) is 0. The van der Waals surface area contributed by atoms with Crippen molar-refractivity contribution in [3.05, 3.63) is 72.8 Å². The minimum Gasteiger partial charge on any atom is -0.400 e. The second-order valence-electron chi connectivity index (χ2n) is 15.3. The van der Waals surface area contributed by atoms with Crippen molar-refractivity contribution in [1.29, 1.82) is 0 Å². The molecule has 0 amide bonds. The molecule has 2 aromatic rings. The lowest BCUT2D eigenvalue weighted by Gasteiger charge is -2.45. The highest BCUT2D eigenvalue weighted by molar-refractivity contribution is 6.99. The summed E-state index contributed by atoms with van der Waals surface area (Å²) in [6.45, 7) is 14.3. The Labute approximate surface area is 305 Å². The summed E-state index contributed by atoms with van der Waals surface area (Å²) in [5.74, 6) is 0. The number of hydrogen-bond acceptors (Lipinski definition) is 3. The van der Waals surface area contributed by atoms with Gasteiger partial charge in [-0.3, -0.25) is 0 Å². The van der Waals surface area contributed by atoms with Gasteiger partial charge in [0.15, 0.2) is 0 Å². The van der Waals surface area contributed by atoms with E-state index < -0.39 is 8.32 Å². The van der Waals surface area contributed by atoms with Crippen LogP contribution >= 0.6 is 0 Å². The van der Waals surface area contributed by atoms with Crippen LogP contribution in [0.5, 0.6) is 0 Å². The molecule has 49 heavy (non-hydrogen) atoms. The molecule has 0 aromatic heterocycles. The topological polar surface area (TPSA) is 27.7 Å². The van der Waals surface area contributed by atoms with Crippen LogP contribution in [0.15, 0.2) is 72.8 Å². The zero-order valence-corrected chi connectivity index (χ0v) is 33.7. The summed E-state index contributed by atoms with van der Waals surface area (Å²) in [5, 5.41) is 2.54. The predicted molar refractivity (Wildman–Crippen MR) is 217 cm³/mol. The highest BCUT2D eigenvalue weighted by Gasteiger charge is 2.51. The molecule has 0 saturated carbocycles. The van der Waals surface area contributed by atoms with Crippen molar-refractivity contribution in [2.75, 3.05) is 26.4 Å². The van der Waals surface area contributed by atoms with Gasteiger partial charge in [0.1, 0.15) is 0 Å². The standard InChI is InChI=1S/C45H76O3Si/c1-6-8-10-12-14-15-16-17-18-19-20-21-22-23-25-33-39-47-41-42(40-46-38-32-24-13-11-9-7-2)48-49(45(3,4)5,43-34-28-26-29-35-43)44-36-30-27-31-37-44/h17-18,26-31,34-37,42H,6-16,19-25,32-33,38-41H2,1-5H3/b18-17-. The van der Waals surface area contributed by atoms with E-state index >= 15 is 0 Å². The molecule has 0 N–H and O–H groups in total. The Bertz CT molecular complexity index is 993. The molecule has 0 heterocycles. The molecule has 0 aliphatic carbocycles. The Balaban J connectivity index is 1.84. The highest BCUT2D eigenvalue weighted by atomic mass is 28.4. The van der Waals surface area contributed by atoms with Gasteiger partial charge in [0.2, 0.25) is 0 Å². The third kappa shape index (κ3) is 18.4. The first-order valence-electron chi connectivity index (χ1n) is 20.5. The molecule has 0 spiro atoms. The summed E-state index contributed by atoms with van der Waals surface area (Å²) in [7, 11) is -2.68. The van der Waals surface area contributed by atoms with Gasteiger partial charge in [0, 0.05) is 13.2 Å². The molecule has 3 nitrogen and oxygen atoms in total. The first-order valence-corrected chi connectivity index (χ1v) is 22.5. The average molecular weight is 693 g/mol. The Kier molecular flexibility index (Phi) is 24.8. The van der Waals surface area contributed by atoms with Gasteiger partial charge >= 0.3 is 0 Å². The largest absolute Gasteiger partial charge is 0.400 e. The Morgan fingerprint density at radius 3 is 1.27 bits per heavy atom. The molecule has 0 radical (unpaired) electrons. The molecule has 0 aliphatic heterocycles. The van der Waals surface area contributed by atoms with Crippen LogP contribution in [0.25, 0.3) is 0 Å². The van der Waals surface area contributed by atoms with Gasteiger partial charge in [-0.1, -0.05) is 197 Å². The second-order valence-corrected chi connectivity index (χ2v) is 19.5. The number of unbranched alkanes of at least 4 members (excludes halogenated alkanes) is 17. The summed E-state index contributed by atoms with van der Waals surface area (Å²) >= 11 is 0. The van der Waals surface area contributed by atoms with Crippen molar-refractivity contribution in [1.82, 2.24) is 0 Å². The normalized spacial score (nSPS) is 13.0. The lowest BCUT2D eigenvalue weighted by molar-refractivity contribution is -0.0122. The van der Waals surface area contributed by atoms with Gasteiger partial charge in [0.05, 0.1) is 19.3 Å². The van der Waals surface area contributed by atoms with Crippen molar-refractivity contribution >= 4 is 18.7 Å². The van der Waals surface area contributed by atoms with Crippen molar-refractivity contribution in [3.63, 3.8) is 0 Å². The van der Waals surface area contributed by atoms with Crippen LogP contribution in [0.2, 0.25) is 5.04 Å². The molecule has 0 fully saturated rings. The van der Waals surface area contributed by atoms with E-state index in [0.717, 1.165) is 26.1 Å². The summed E-state index contributed by atoms with van der Waals surface area (Å²) in [6, 6.07) is 21.9. The van der Waals surface area contributed by atoms with Crippen LogP contribution in [0.4, 0.5) is 0 Å². The van der Waals surface area contributed by atoms with E-state index in [1.165, 1.54) is 126 Å². The predicted octanol–water partition coefficient (Wildman–Crippen LogP) is 12.4. The van der Waals surface area contributed by atoms with Gasteiger partial charge in [0.25, 0.3) is 8.32 Å². The van der Waals surface area contributed by atoms with Gasteiger partial charge in [-0.05, 0) is 53.9 Å². The lowest BCUT2D eigenvalue weighted by Crippen LogP contribution is -2.68. The minimum absolute atomic E-state index is 0.0725. The number of hydrogen-bond donors (Lipinski definition) is 0. The van der Waals surface area contributed by atoms with Gasteiger partial charge in [-0.25, -0.2) is 0 Å². The van der Waals surface area contributed by atoms with Crippen molar-refractivity contribution in [2.24, 2.45) is 0 Å². The van der Waals surface area contributed by atoms with Crippen LogP contribution in [-0.2, 0) is 13.9 Å². The van der Waals surface area contributed by atoms with Crippen LogP contribution in [0.3, 0.4) is 0 Å². The lowest BCUT2D eigenvalue weighted by atomic mass is 10.1. The number of benzene rings is 2. The fraction of sp³-hybridized carbons (Fsp3) is 0.689. The Morgan fingerprint density at radius 1 is 0.510 bits per heavy atom. The maximum atomic E-state index is 7.45. The molecule has 2 rings (SSSR count). The Morgan fingerprint density at radius 2 is 0.878 bits per heavy atom. The molecule has 1 atom stereocenters. The van der Waals surface area contributed by atoms with Gasteiger partial charge < -0.3 is 13.9 Å². The molecule has 0 aliphatic rings. The van der Waals surface area contributed by atoms with Gasteiger partial charge in [-0.2, -0.15) is 0 Å². The van der Waals surface area contributed by atoms with Crippen LogP contribution < -0.4 is 10.4 Å². The fourth-order valence-corrected chi connectivity index (χ4v) is 11.6. The minimum atomic E-state index is -2.68. The van der Waals surface area contributed by atoms with Crippen molar-refractivity contribution in [3.8, 4) is 0 Å². The van der Waals surface area contributed by atoms with E-state index in [2.05, 4.69) is 107 Å². The van der Waals surface area contributed by atoms with E-state index in [1.807, 2.05) is 0 Å². The zero-order chi connectivity index (χ0) is 35.3. The molecule has 0 saturated heterocycles. The summed E-state index contributed by atoms with van der Waals surface area (Å²) < 4.78 is 20.2. The number of allylic oxidation sites excluding steroid dienone is 2. The third-order valence-corrected chi connectivity index (χ3v) is 14.9. The molecule has 4 heteroatoms. The third-order valence-electron chi connectivity index (χ3n) is 9.81. The van der Waals surface area contributed by atoms with Crippen molar-refractivity contribution in [2.45, 2.75) is 174 Å². The monoisotopic (exact) mass is 693 g/mol. The summed E-state index contributed by atoms with van der Waals surface area (Å²) in [6.07, 6.45) is 30.8. The molecular weight excluding hydrogens is 617 g/mol. The zero-order valence-electron chi connectivity index (χ0n) is 32.7. The molecule has 1 unspecified atom stereocenters. The van der Waals surface area contributed by atoms with Crippen molar-refractivity contribution < 1.29 is 13.9 Å². The maximum absolute atomic E-state index is 7.45. The quantitative estimate of drug-likeness (QED) is 0.0447. The first kappa shape index (κ1) is 43.4. The van der Waals surface area contributed by atoms with E-state index in [1.54, 1.807) is 0 Å². The van der Waals surface area contributed by atoms with E-state index in [0.29, 0.717) is 13.2 Å². The van der Waals surface area contributed by atoms with E-state index in [9.17, 15) is 0 Å². The van der Waals surface area contributed by atoms with Crippen LogP contribution in [0.1, 0.15) is 163 Å². The maximum Gasteiger partial charge on any atom is 0.261 e. The van der Waals surface area contributed by atoms with Gasteiger partial charge in [-0.15, -0.1) is 0 Å². The average Bonchev–Trinajstić information content (AvgIpc) is 3.11. The second kappa shape index (κ2) is 27.9. The smallest absolute Gasteiger partial charge is 0.261 e. The molecule has 278 valence electrons. The highest BCUT2D eigenvalue weighted by Crippen LogP contribution is 2.37. The van der Waals surface area contributed by atoms with E-state index in [4.69, 9.17) is 13.9 Å². The van der Waals surface area contributed by atoms with Crippen LogP contribution in [-0.4, -0.2) is 40.8 Å². The first-order chi connectivity index (χ1) is 24.0. The molecule has 0 bridgehead atoms. The van der Waals surface area contributed by atoms with Crippen LogP contribution in [0, 0.1) is 0 Å². The fourth-order valence-electron chi connectivity index (χ4n) is 6.92. The van der Waals surface area contributed by atoms with E-state index in [-0.39, 0.29) is 11.1 Å². The Hall–Kier alpha value is -1.72. The number of ether oxygens (including phenoxy) is 2.